The zero-order valence-corrected chi connectivity index (χ0v) is 14.5. The van der Waals surface area contributed by atoms with E-state index in [1.807, 2.05) is 0 Å². The van der Waals surface area contributed by atoms with Crippen LogP contribution in [0.5, 0.6) is 0 Å². The number of hydrogen-bond acceptors (Lipinski definition) is 5. The molecule has 0 radical (unpaired) electrons. The molecular weight excluding hydrogens is 312 g/mol. The van der Waals surface area contributed by atoms with Crippen LogP contribution in [-0.2, 0) is 9.47 Å². The van der Waals surface area contributed by atoms with Crippen molar-refractivity contribution in [2.24, 2.45) is 10.7 Å². The third kappa shape index (κ3) is 4.44. The Hall–Kier alpha value is -1.15. The molecule has 0 amide bonds. The van der Waals surface area contributed by atoms with Gasteiger partial charge in [-0.05, 0) is 18.4 Å². The topological polar surface area (TPSA) is 63.3 Å². The first-order chi connectivity index (χ1) is 11.2. The summed E-state index contributed by atoms with van der Waals surface area (Å²) in [5, 5.41) is 2.13. The first kappa shape index (κ1) is 16.7. The lowest BCUT2D eigenvalue weighted by atomic mass is 10.1. The van der Waals surface area contributed by atoms with Crippen molar-refractivity contribution in [2.45, 2.75) is 19.1 Å². The van der Waals surface area contributed by atoms with Gasteiger partial charge in [-0.3, -0.25) is 9.89 Å². The first-order valence-electron chi connectivity index (χ1n) is 8.25. The molecule has 6 nitrogen and oxygen atoms in total. The van der Waals surface area contributed by atoms with E-state index in [2.05, 4.69) is 34.2 Å². The van der Waals surface area contributed by atoms with E-state index in [9.17, 15) is 0 Å². The van der Waals surface area contributed by atoms with E-state index >= 15 is 0 Å². The minimum absolute atomic E-state index is 0.270. The van der Waals surface area contributed by atoms with Gasteiger partial charge < -0.3 is 20.1 Å². The van der Waals surface area contributed by atoms with E-state index < -0.39 is 0 Å². The quantitative estimate of drug-likeness (QED) is 0.659. The molecule has 0 bridgehead atoms. The monoisotopic (exact) mass is 338 g/mol. The zero-order chi connectivity index (χ0) is 16.1. The normalized spacial score (nSPS) is 25.5. The van der Waals surface area contributed by atoms with Crippen molar-refractivity contribution in [2.75, 3.05) is 52.5 Å². The van der Waals surface area contributed by atoms with Crippen LogP contribution in [0.25, 0.3) is 0 Å². The summed E-state index contributed by atoms with van der Waals surface area (Å²) in [6, 6.07) is 4.57. The summed E-state index contributed by atoms with van der Waals surface area (Å²) >= 11 is 1.79. The van der Waals surface area contributed by atoms with Crippen molar-refractivity contribution in [1.29, 1.82) is 0 Å². The van der Waals surface area contributed by atoms with E-state index in [0.717, 1.165) is 46.0 Å². The summed E-state index contributed by atoms with van der Waals surface area (Å²) in [6.45, 7) is 8.60. The van der Waals surface area contributed by atoms with Gasteiger partial charge in [-0.25, -0.2) is 0 Å². The number of ether oxygens (including phenoxy) is 2. The molecule has 2 atom stereocenters. The fourth-order valence-corrected chi connectivity index (χ4v) is 3.92. The van der Waals surface area contributed by atoms with E-state index in [-0.39, 0.29) is 12.1 Å². The Bertz CT molecular complexity index is 502. The molecule has 2 aliphatic rings. The number of hydrogen-bond donors (Lipinski definition) is 1. The Labute approximate surface area is 141 Å². The van der Waals surface area contributed by atoms with Crippen LogP contribution in [0.2, 0.25) is 0 Å². The average molecular weight is 338 g/mol. The van der Waals surface area contributed by atoms with Crippen molar-refractivity contribution in [3.8, 4) is 0 Å². The number of aliphatic imine (C=N–C) groups is 1. The van der Waals surface area contributed by atoms with Crippen LogP contribution >= 0.6 is 11.3 Å². The second kappa shape index (κ2) is 8.10. The molecule has 3 heterocycles. The molecular formula is C16H26N4O2S. The molecule has 1 aromatic rings. The van der Waals surface area contributed by atoms with Crippen LogP contribution in [0.4, 0.5) is 0 Å². The van der Waals surface area contributed by atoms with Gasteiger partial charge in [-0.15, -0.1) is 11.3 Å². The number of thiophene rings is 1. The van der Waals surface area contributed by atoms with E-state index in [1.165, 1.54) is 4.88 Å². The lowest BCUT2D eigenvalue weighted by molar-refractivity contribution is -0.0327. The summed E-state index contributed by atoms with van der Waals surface area (Å²) in [6.07, 6.45) is 0.270. The highest BCUT2D eigenvalue weighted by Gasteiger charge is 2.26. The Morgan fingerprint density at radius 2 is 2.22 bits per heavy atom. The number of morpholine rings is 2. The summed E-state index contributed by atoms with van der Waals surface area (Å²) < 4.78 is 11.0. The Balaban J connectivity index is 1.68. The molecule has 0 aliphatic carbocycles. The summed E-state index contributed by atoms with van der Waals surface area (Å²) in [4.78, 5) is 10.6. The third-order valence-electron chi connectivity index (χ3n) is 4.35. The van der Waals surface area contributed by atoms with Gasteiger partial charge in [-0.2, -0.15) is 0 Å². The van der Waals surface area contributed by atoms with Crippen LogP contribution in [0, 0.1) is 0 Å². The van der Waals surface area contributed by atoms with Gasteiger partial charge in [0.25, 0.3) is 0 Å². The molecule has 2 saturated heterocycles. The highest BCUT2D eigenvalue weighted by molar-refractivity contribution is 7.10. The van der Waals surface area contributed by atoms with E-state index in [1.54, 1.807) is 11.3 Å². The SMILES string of the molecule is C[C@H]1CN([C@@H](CN=C(N)N2CCOCC2)c2cccs2)CCO1. The van der Waals surface area contributed by atoms with Gasteiger partial charge in [0.2, 0.25) is 0 Å². The number of rotatable bonds is 4. The Kier molecular flexibility index (Phi) is 5.88. The Morgan fingerprint density at radius 1 is 1.39 bits per heavy atom. The van der Waals surface area contributed by atoms with Crippen LogP contribution in [0.1, 0.15) is 17.8 Å². The van der Waals surface area contributed by atoms with Crippen LogP contribution in [0.15, 0.2) is 22.5 Å². The zero-order valence-electron chi connectivity index (χ0n) is 13.7. The summed E-state index contributed by atoms with van der Waals surface area (Å²) in [5.74, 6) is 0.635. The molecule has 0 unspecified atom stereocenters. The second-order valence-corrected chi connectivity index (χ2v) is 6.99. The van der Waals surface area contributed by atoms with Gasteiger partial charge in [0.05, 0.1) is 38.5 Å². The average Bonchev–Trinajstić information content (AvgIpc) is 3.10. The minimum Gasteiger partial charge on any atom is -0.378 e. The van der Waals surface area contributed by atoms with E-state index in [4.69, 9.17) is 20.2 Å². The lowest BCUT2D eigenvalue weighted by Gasteiger charge is -2.36. The number of guanidine groups is 1. The molecule has 0 spiro atoms. The van der Waals surface area contributed by atoms with Gasteiger partial charge in [0.1, 0.15) is 0 Å². The third-order valence-corrected chi connectivity index (χ3v) is 5.32. The van der Waals surface area contributed by atoms with Crippen LogP contribution in [0.3, 0.4) is 0 Å². The highest BCUT2D eigenvalue weighted by Crippen LogP contribution is 2.27. The van der Waals surface area contributed by atoms with Crippen LogP contribution < -0.4 is 5.73 Å². The van der Waals surface area contributed by atoms with Crippen LogP contribution in [-0.4, -0.2) is 74.4 Å². The molecule has 1 aromatic heterocycles. The van der Waals surface area contributed by atoms with Crippen molar-refractivity contribution in [3.05, 3.63) is 22.4 Å². The summed E-state index contributed by atoms with van der Waals surface area (Å²) in [5.41, 5.74) is 6.19. The van der Waals surface area contributed by atoms with Crippen molar-refractivity contribution < 1.29 is 9.47 Å². The fraction of sp³-hybridized carbons (Fsp3) is 0.688. The Morgan fingerprint density at radius 3 is 2.91 bits per heavy atom. The van der Waals surface area contributed by atoms with Crippen molar-refractivity contribution >= 4 is 17.3 Å². The fourth-order valence-electron chi connectivity index (χ4n) is 3.07. The van der Waals surface area contributed by atoms with Gasteiger partial charge in [-0.1, -0.05) is 6.07 Å². The molecule has 23 heavy (non-hydrogen) atoms. The highest BCUT2D eigenvalue weighted by atomic mass is 32.1. The molecule has 3 rings (SSSR count). The van der Waals surface area contributed by atoms with Gasteiger partial charge in [0.15, 0.2) is 5.96 Å². The molecule has 2 fully saturated rings. The predicted octanol–water partition coefficient (Wildman–Crippen LogP) is 1.16. The molecule has 2 aliphatic heterocycles. The summed E-state index contributed by atoms with van der Waals surface area (Å²) in [7, 11) is 0. The lowest BCUT2D eigenvalue weighted by Crippen LogP contribution is -2.46. The van der Waals surface area contributed by atoms with Crippen molar-refractivity contribution in [1.82, 2.24) is 9.80 Å². The minimum atomic E-state index is 0.270. The largest absolute Gasteiger partial charge is 0.378 e. The number of nitrogens with zero attached hydrogens (tertiary/aromatic N) is 3. The maximum absolute atomic E-state index is 6.19. The molecule has 128 valence electrons. The predicted molar refractivity (Wildman–Crippen MR) is 92.9 cm³/mol. The number of nitrogens with two attached hydrogens (primary N) is 1. The molecule has 2 N–H and O–H groups in total. The smallest absolute Gasteiger partial charge is 0.191 e. The molecule has 0 aromatic carbocycles. The van der Waals surface area contributed by atoms with E-state index in [0.29, 0.717) is 12.5 Å². The van der Waals surface area contributed by atoms with Crippen molar-refractivity contribution in [3.63, 3.8) is 0 Å². The molecule has 0 saturated carbocycles. The second-order valence-electron chi connectivity index (χ2n) is 6.01. The van der Waals surface area contributed by atoms with Gasteiger partial charge >= 0.3 is 0 Å². The molecule has 7 heteroatoms. The maximum atomic E-state index is 6.19. The first-order valence-corrected chi connectivity index (χ1v) is 9.13. The van der Waals surface area contributed by atoms with Gasteiger partial charge in [0, 0.05) is 31.1 Å². The standard InChI is InChI=1S/C16H26N4O2S/c1-13-12-20(6-9-22-13)14(15-3-2-10-23-15)11-18-16(17)19-4-7-21-8-5-19/h2-3,10,13-14H,4-9,11-12H2,1H3,(H2,17,18)/t13-,14-/m0/s1. The maximum Gasteiger partial charge on any atom is 0.191 e.